The number of rotatable bonds is 5. The smallest absolute Gasteiger partial charge is 0.357 e. The minimum absolute atomic E-state index is 0.0520. The van der Waals surface area contributed by atoms with E-state index in [1.807, 2.05) is 0 Å². The van der Waals surface area contributed by atoms with Crippen LogP contribution in [-0.2, 0) is 4.57 Å². The van der Waals surface area contributed by atoms with Gasteiger partial charge in [0.15, 0.2) is 5.78 Å². The molecule has 1 atom stereocenters. The highest BCUT2D eigenvalue weighted by Crippen LogP contribution is 2.41. The van der Waals surface area contributed by atoms with Crippen molar-refractivity contribution < 1.29 is 34.5 Å². The minimum atomic E-state index is -4.90. The molecule has 0 amide bonds. The molecule has 0 fully saturated rings. The number of phenolic OH excluding ortho intramolecular Hbond substituents is 3. The monoisotopic (exact) mass is 352 g/mol. The van der Waals surface area contributed by atoms with Gasteiger partial charge in [-0.2, -0.15) is 0 Å². The van der Waals surface area contributed by atoms with Gasteiger partial charge >= 0.3 is 7.60 Å². The van der Waals surface area contributed by atoms with Crippen LogP contribution in [0.1, 0.15) is 35.2 Å². The number of carbonyl (C=O) groups is 1. The lowest BCUT2D eigenvalue weighted by molar-refractivity contribution is 0.0955. The number of benzene rings is 2. The highest BCUT2D eigenvalue weighted by atomic mass is 31.2. The van der Waals surface area contributed by atoms with Crippen molar-refractivity contribution in [2.75, 3.05) is 0 Å². The maximum Gasteiger partial charge on any atom is 0.357 e. The van der Waals surface area contributed by atoms with Gasteiger partial charge in [-0.1, -0.05) is 19.1 Å². The number of aromatic hydroxyl groups is 3. The molecule has 0 heterocycles. The Morgan fingerprint density at radius 2 is 1.75 bits per heavy atom. The summed E-state index contributed by atoms with van der Waals surface area (Å²) in [5.74, 6) is -2.86. The molecule has 0 saturated carbocycles. The molecule has 5 N–H and O–H groups in total. The Morgan fingerprint density at radius 3 is 2.29 bits per heavy atom. The van der Waals surface area contributed by atoms with Gasteiger partial charge in [0.25, 0.3) is 0 Å². The van der Waals surface area contributed by atoms with Crippen molar-refractivity contribution in [3.8, 4) is 17.2 Å². The second-order valence-corrected chi connectivity index (χ2v) is 6.89. The van der Waals surface area contributed by atoms with E-state index in [0.717, 1.165) is 12.1 Å². The van der Waals surface area contributed by atoms with E-state index in [9.17, 15) is 34.5 Å². The zero-order chi connectivity index (χ0) is 18.1. The number of hydrogen-bond donors (Lipinski definition) is 5. The molecule has 128 valence electrons. The average molecular weight is 352 g/mol. The maximum absolute atomic E-state index is 12.8. The predicted molar refractivity (Wildman–Crippen MR) is 86.9 cm³/mol. The van der Waals surface area contributed by atoms with Crippen molar-refractivity contribution in [2.24, 2.45) is 0 Å². The molecule has 0 aromatic heterocycles. The molecule has 0 aliphatic carbocycles. The van der Waals surface area contributed by atoms with Crippen molar-refractivity contribution in [3.63, 3.8) is 0 Å². The van der Waals surface area contributed by atoms with Crippen molar-refractivity contribution in [2.45, 2.75) is 19.3 Å². The summed E-state index contributed by atoms with van der Waals surface area (Å²) in [6.45, 7) is 1.70. The fraction of sp³-hybridized carbons (Fsp3) is 0.188. The summed E-state index contributed by atoms with van der Waals surface area (Å²) in [5.41, 5.74) is -0.0806. The van der Waals surface area contributed by atoms with E-state index >= 15 is 0 Å². The highest BCUT2D eigenvalue weighted by Gasteiger charge is 2.32. The third-order valence-corrected chi connectivity index (χ3v) is 4.62. The van der Waals surface area contributed by atoms with Gasteiger partial charge in [0, 0.05) is 12.0 Å². The van der Waals surface area contributed by atoms with Gasteiger partial charge in [-0.15, -0.1) is 0 Å². The largest absolute Gasteiger partial charge is 0.508 e. The lowest BCUT2D eigenvalue weighted by Gasteiger charge is -2.18. The predicted octanol–water partition coefficient (Wildman–Crippen LogP) is 1.98. The van der Waals surface area contributed by atoms with E-state index in [1.165, 1.54) is 12.1 Å². The van der Waals surface area contributed by atoms with Crippen LogP contribution in [0.5, 0.6) is 17.2 Å². The Morgan fingerprint density at radius 1 is 1.08 bits per heavy atom. The number of ketones is 1. The van der Waals surface area contributed by atoms with Gasteiger partial charge in [-0.25, -0.2) is 0 Å². The Hall–Kier alpha value is -2.34. The molecule has 0 aliphatic heterocycles. The first-order chi connectivity index (χ1) is 11.1. The van der Waals surface area contributed by atoms with Crippen LogP contribution in [0, 0.1) is 0 Å². The second kappa shape index (κ2) is 6.65. The van der Waals surface area contributed by atoms with Gasteiger partial charge in [-0.3, -0.25) is 9.36 Å². The first-order valence-electron chi connectivity index (χ1n) is 7.10. The number of phenols is 3. The number of hydrogen-bond acceptors (Lipinski definition) is 5. The standard InChI is InChI=1S/C16H17O7P/c1-2-12(9-4-3-5-10(17)6-9)16(20)15-13(19)7-11(18)8-14(15)24(21,22)23/h3-8,12,17-19H,2H2,1H3,(H2,21,22,23). The summed E-state index contributed by atoms with van der Waals surface area (Å²) in [6.07, 6.45) is 0.281. The van der Waals surface area contributed by atoms with Crippen molar-refractivity contribution in [1.82, 2.24) is 0 Å². The van der Waals surface area contributed by atoms with E-state index in [1.54, 1.807) is 19.1 Å². The number of Topliss-reactive ketones (excluding diaryl/α,β-unsaturated/α-hetero) is 1. The summed E-state index contributed by atoms with van der Waals surface area (Å²) in [7, 11) is -4.90. The number of carbonyl (C=O) groups excluding carboxylic acids is 1. The lowest BCUT2D eigenvalue weighted by Crippen LogP contribution is -2.21. The topological polar surface area (TPSA) is 135 Å². The minimum Gasteiger partial charge on any atom is -0.508 e. The van der Waals surface area contributed by atoms with Crippen LogP contribution in [0.15, 0.2) is 36.4 Å². The van der Waals surface area contributed by atoms with Gasteiger partial charge in [-0.05, 0) is 30.2 Å². The Labute approximate surface area is 138 Å². The third kappa shape index (κ3) is 3.59. The van der Waals surface area contributed by atoms with Gasteiger partial charge in [0.1, 0.15) is 17.2 Å². The average Bonchev–Trinajstić information content (AvgIpc) is 2.46. The van der Waals surface area contributed by atoms with Crippen LogP contribution in [0.2, 0.25) is 0 Å². The van der Waals surface area contributed by atoms with Crippen LogP contribution in [-0.4, -0.2) is 30.9 Å². The molecule has 0 saturated heterocycles. The van der Waals surface area contributed by atoms with Crippen molar-refractivity contribution in [3.05, 3.63) is 47.5 Å². The second-order valence-electron chi connectivity index (χ2n) is 5.32. The summed E-state index contributed by atoms with van der Waals surface area (Å²) in [4.78, 5) is 31.7. The Balaban J connectivity index is 2.62. The first kappa shape index (κ1) is 18.0. The van der Waals surface area contributed by atoms with Crippen LogP contribution in [0.4, 0.5) is 0 Å². The molecule has 1 unspecified atom stereocenters. The molecule has 8 heteroatoms. The van der Waals surface area contributed by atoms with Gasteiger partial charge in [0.05, 0.1) is 10.9 Å². The maximum atomic E-state index is 12.8. The SMILES string of the molecule is CCC(C(=O)c1c(O)cc(O)cc1P(=O)(O)O)c1cccc(O)c1. The van der Waals surface area contributed by atoms with E-state index < -0.39 is 41.7 Å². The van der Waals surface area contributed by atoms with Crippen LogP contribution < -0.4 is 5.30 Å². The molecule has 0 spiro atoms. The van der Waals surface area contributed by atoms with E-state index in [0.29, 0.717) is 5.56 Å². The van der Waals surface area contributed by atoms with Crippen LogP contribution in [0.25, 0.3) is 0 Å². The molecular formula is C16H17O7P. The Bertz CT molecular complexity index is 825. The van der Waals surface area contributed by atoms with Crippen LogP contribution >= 0.6 is 7.60 Å². The van der Waals surface area contributed by atoms with Crippen LogP contribution in [0.3, 0.4) is 0 Å². The molecule has 0 aliphatic rings. The molecular weight excluding hydrogens is 335 g/mol. The zero-order valence-corrected chi connectivity index (χ0v) is 13.6. The summed E-state index contributed by atoms with van der Waals surface area (Å²) in [5, 5.41) is 28.3. The molecule has 0 radical (unpaired) electrons. The van der Waals surface area contributed by atoms with E-state index in [2.05, 4.69) is 0 Å². The molecule has 2 aromatic carbocycles. The van der Waals surface area contributed by atoms with Gasteiger partial charge < -0.3 is 25.1 Å². The van der Waals surface area contributed by atoms with E-state index in [4.69, 9.17) is 0 Å². The molecule has 2 aromatic rings. The quantitative estimate of drug-likeness (QED) is 0.410. The summed E-state index contributed by atoms with van der Waals surface area (Å²) in [6, 6.07) is 7.56. The molecule has 24 heavy (non-hydrogen) atoms. The lowest BCUT2D eigenvalue weighted by atomic mass is 9.88. The molecule has 7 nitrogen and oxygen atoms in total. The van der Waals surface area contributed by atoms with Crippen molar-refractivity contribution in [1.29, 1.82) is 0 Å². The van der Waals surface area contributed by atoms with E-state index in [-0.39, 0.29) is 12.2 Å². The molecule has 0 bridgehead atoms. The fourth-order valence-corrected chi connectivity index (χ4v) is 3.38. The van der Waals surface area contributed by atoms with Gasteiger partial charge in [0.2, 0.25) is 0 Å². The summed E-state index contributed by atoms with van der Waals surface area (Å²) < 4.78 is 11.6. The fourth-order valence-electron chi connectivity index (χ4n) is 2.57. The third-order valence-electron chi connectivity index (χ3n) is 3.64. The highest BCUT2D eigenvalue weighted by molar-refractivity contribution is 7.60. The Kier molecular flexibility index (Phi) is 4.99. The first-order valence-corrected chi connectivity index (χ1v) is 8.71. The zero-order valence-electron chi connectivity index (χ0n) is 12.7. The molecule has 2 rings (SSSR count). The normalized spacial score (nSPS) is 12.8. The summed E-state index contributed by atoms with van der Waals surface area (Å²) >= 11 is 0. The van der Waals surface area contributed by atoms with Crippen molar-refractivity contribution >= 4 is 18.7 Å².